The molecule has 0 aromatic heterocycles. The van der Waals surface area contributed by atoms with E-state index >= 15 is 0 Å². The molecule has 2 unspecified atom stereocenters. The molecule has 1 N–H and O–H groups in total. The zero-order valence-electron chi connectivity index (χ0n) is 8.91. The van der Waals surface area contributed by atoms with Crippen molar-refractivity contribution in [1.29, 1.82) is 5.26 Å². The Labute approximate surface area is 84.5 Å². The Hall–Kier alpha value is -1.08. The maximum Gasteiger partial charge on any atom is 0.323 e. The number of hydrogen-bond acceptors (Lipinski definition) is 4. The van der Waals surface area contributed by atoms with Gasteiger partial charge in [-0.05, 0) is 20.3 Å². The van der Waals surface area contributed by atoms with Crippen molar-refractivity contribution in [3.8, 4) is 6.07 Å². The van der Waals surface area contributed by atoms with Crippen LogP contribution in [0, 0.1) is 17.2 Å². The number of nitrogens with zero attached hydrogens (tertiary/aromatic N) is 1. The normalized spacial score (nSPS) is 16.5. The Morgan fingerprint density at radius 2 is 2.21 bits per heavy atom. The Balaban J connectivity index is 4.31. The number of rotatable bonds is 5. The smallest absolute Gasteiger partial charge is 0.323 e. The third-order valence-electron chi connectivity index (χ3n) is 2.13. The van der Waals surface area contributed by atoms with Crippen molar-refractivity contribution in [2.24, 2.45) is 5.92 Å². The number of ether oxygens (including phenoxy) is 1. The van der Waals surface area contributed by atoms with E-state index in [1.807, 2.05) is 6.07 Å². The van der Waals surface area contributed by atoms with E-state index in [1.54, 1.807) is 20.8 Å². The second-order valence-corrected chi connectivity index (χ2v) is 3.49. The molecule has 0 aliphatic carbocycles. The van der Waals surface area contributed by atoms with Gasteiger partial charge < -0.3 is 9.84 Å². The van der Waals surface area contributed by atoms with Gasteiger partial charge in [0.1, 0.15) is 5.92 Å². The van der Waals surface area contributed by atoms with Crippen molar-refractivity contribution in [2.75, 3.05) is 6.61 Å². The van der Waals surface area contributed by atoms with E-state index in [2.05, 4.69) is 0 Å². The van der Waals surface area contributed by atoms with Gasteiger partial charge in [0.2, 0.25) is 0 Å². The van der Waals surface area contributed by atoms with Crippen LogP contribution in [0.5, 0.6) is 0 Å². The first-order valence-corrected chi connectivity index (χ1v) is 4.75. The molecule has 0 saturated heterocycles. The van der Waals surface area contributed by atoms with Crippen LogP contribution in [0.3, 0.4) is 0 Å². The molecule has 0 aliphatic heterocycles. The molecule has 4 heteroatoms. The summed E-state index contributed by atoms with van der Waals surface area (Å²) in [6.07, 6.45) is 0.628. The van der Waals surface area contributed by atoms with Crippen LogP contribution < -0.4 is 0 Å². The van der Waals surface area contributed by atoms with Crippen molar-refractivity contribution >= 4 is 5.97 Å². The fraction of sp³-hybridized carbons (Fsp3) is 0.800. The monoisotopic (exact) mass is 199 g/mol. The number of hydrogen-bond donors (Lipinski definition) is 1. The maximum atomic E-state index is 11.2. The minimum atomic E-state index is -0.979. The fourth-order valence-electron chi connectivity index (χ4n) is 1.01. The quantitative estimate of drug-likeness (QED) is 0.676. The van der Waals surface area contributed by atoms with Crippen LogP contribution in [0.4, 0.5) is 0 Å². The van der Waals surface area contributed by atoms with Crippen LogP contribution in [0.1, 0.15) is 33.6 Å². The summed E-state index contributed by atoms with van der Waals surface area (Å²) in [7, 11) is 0. The molecule has 4 nitrogen and oxygen atoms in total. The third-order valence-corrected chi connectivity index (χ3v) is 2.13. The van der Waals surface area contributed by atoms with Gasteiger partial charge in [0, 0.05) is 6.42 Å². The summed E-state index contributed by atoms with van der Waals surface area (Å²) in [6.45, 7) is 5.35. The molecule has 2 atom stereocenters. The Kier molecular flexibility index (Phi) is 5.18. The average Bonchev–Trinajstić information content (AvgIpc) is 2.14. The fourth-order valence-corrected chi connectivity index (χ4v) is 1.01. The zero-order valence-corrected chi connectivity index (χ0v) is 8.91. The Bertz CT molecular complexity index is 230. The number of esters is 1. The number of carbonyl (C=O) groups is 1. The van der Waals surface area contributed by atoms with Crippen LogP contribution in [0.25, 0.3) is 0 Å². The van der Waals surface area contributed by atoms with E-state index in [4.69, 9.17) is 10.00 Å². The highest BCUT2D eigenvalue weighted by Gasteiger charge is 2.29. The van der Waals surface area contributed by atoms with Gasteiger partial charge in [0.05, 0.1) is 18.3 Å². The average molecular weight is 199 g/mol. The van der Waals surface area contributed by atoms with E-state index in [9.17, 15) is 9.90 Å². The van der Waals surface area contributed by atoms with Crippen LogP contribution in [0.15, 0.2) is 0 Å². The molecule has 0 bridgehead atoms. The van der Waals surface area contributed by atoms with E-state index in [0.29, 0.717) is 6.42 Å². The first-order valence-electron chi connectivity index (χ1n) is 4.75. The molecule has 0 radical (unpaired) electrons. The molecule has 80 valence electrons. The van der Waals surface area contributed by atoms with Gasteiger partial charge in [-0.3, -0.25) is 4.79 Å². The van der Waals surface area contributed by atoms with E-state index in [-0.39, 0.29) is 13.0 Å². The standard InChI is InChI=1S/C10H17NO3/c1-4-10(3,13)6-8(7-11)9(12)14-5-2/h8,13H,4-6H2,1-3H3. The lowest BCUT2D eigenvalue weighted by Crippen LogP contribution is -2.30. The minimum absolute atomic E-state index is 0.124. The molecular weight excluding hydrogens is 182 g/mol. The van der Waals surface area contributed by atoms with E-state index in [1.165, 1.54) is 0 Å². The van der Waals surface area contributed by atoms with Crippen LogP contribution in [0.2, 0.25) is 0 Å². The molecule has 0 rings (SSSR count). The van der Waals surface area contributed by atoms with Crippen LogP contribution in [-0.4, -0.2) is 23.3 Å². The van der Waals surface area contributed by atoms with Gasteiger partial charge in [-0.1, -0.05) is 6.92 Å². The van der Waals surface area contributed by atoms with Gasteiger partial charge in [-0.2, -0.15) is 5.26 Å². The molecule has 0 saturated carbocycles. The molecule has 0 heterocycles. The third kappa shape index (κ3) is 4.24. The zero-order chi connectivity index (χ0) is 11.2. The summed E-state index contributed by atoms with van der Waals surface area (Å²) in [5.74, 6) is -1.42. The van der Waals surface area contributed by atoms with Crippen molar-refractivity contribution in [3.05, 3.63) is 0 Å². The lowest BCUT2D eigenvalue weighted by atomic mass is 9.91. The van der Waals surface area contributed by atoms with Crippen molar-refractivity contribution < 1.29 is 14.6 Å². The summed E-state index contributed by atoms with van der Waals surface area (Å²) >= 11 is 0. The molecule has 0 aromatic rings. The largest absolute Gasteiger partial charge is 0.465 e. The van der Waals surface area contributed by atoms with Gasteiger partial charge in [0.15, 0.2) is 0 Å². The van der Waals surface area contributed by atoms with Crippen molar-refractivity contribution in [2.45, 2.75) is 39.2 Å². The van der Waals surface area contributed by atoms with E-state index < -0.39 is 17.5 Å². The number of carbonyl (C=O) groups excluding carboxylic acids is 1. The lowest BCUT2D eigenvalue weighted by molar-refractivity contribution is -0.148. The maximum absolute atomic E-state index is 11.2. The first-order chi connectivity index (χ1) is 6.46. The van der Waals surface area contributed by atoms with Crippen molar-refractivity contribution in [1.82, 2.24) is 0 Å². The molecule has 14 heavy (non-hydrogen) atoms. The number of aliphatic hydroxyl groups is 1. The van der Waals surface area contributed by atoms with Crippen molar-refractivity contribution in [3.63, 3.8) is 0 Å². The summed E-state index contributed by atoms with van der Waals surface area (Å²) < 4.78 is 4.71. The van der Waals surface area contributed by atoms with Gasteiger partial charge in [-0.15, -0.1) is 0 Å². The minimum Gasteiger partial charge on any atom is -0.465 e. The molecule has 0 fully saturated rings. The molecule has 0 aromatic carbocycles. The lowest BCUT2D eigenvalue weighted by Gasteiger charge is -2.22. The number of nitriles is 1. The van der Waals surface area contributed by atoms with E-state index in [0.717, 1.165) is 0 Å². The van der Waals surface area contributed by atoms with Gasteiger partial charge in [-0.25, -0.2) is 0 Å². The molecule has 0 spiro atoms. The summed E-state index contributed by atoms with van der Waals surface area (Å²) in [5, 5.41) is 18.4. The Morgan fingerprint density at radius 1 is 1.64 bits per heavy atom. The van der Waals surface area contributed by atoms with Crippen LogP contribution >= 0.6 is 0 Å². The second-order valence-electron chi connectivity index (χ2n) is 3.49. The highest BCUT2D eigenvalue weighted by Crippen LogP contribution is 2.20. The predicted octanol–water partition coefficient (Wildman–Crippen LogP) is 1.24. The summed E-state index contributed by atoms with van der Waals surface area (Å²) in [5.41, 5.74) is -0.979. The summed E-state index contributed by atoms with van der Waals surface area (Å²) in [6, 6.07) is 1.84. The second kappa shape index (κ2) is 5.61. The molecule has 0 amide bonds. The highest BCUT2D eigenvalue weighted by molar-refractivity contribution is 5.75. The first kappa shape index (κ1) is 12.9. The van der Waals surface area contributed by atoms with Gasteiger partial charge in [0.25, 0.3) is 0 Å². The predicted molar refractivity (Wildman–Crippen MR) is 51.3 cm³/mol. The Morgan fingerprint density at radius 3 is 2.57 bits per heavy atom. The molecule has 0 aliphatic rings. The SMILES string of the molecule is CCOC(=O)C(C#N)CC(C)(O)CC. The summed E-state index contributed by atoms with van der Waals surface area (Å²) in [4.78, 5) is 11.2. The van der Waals surface area contributed by atoms with Crippen LogP contribution in [-0.2, 0) is 9.53 Å². The highest BCUT2D eigenvalue weighted by atomic mass is 16.5. The topological polar surface area (TPSA) is 70.3 Å². The van der Waals surface area contributed by atoms with Gasteiger partial charge >= 0.3 is 5.97 Å². The molecular formula is C10H17NO3.